The van der Waals surface area contributed by atoms with Crippen molar-refractivity contribution >= 4 is 46.7 Å². The summed E-state index contributed by atoms with van der Waals surface area (Å²) in [4.78, 5) is 62.7. The van der Waals surface area contributed by atoms with Gasteiger partial charge in [0.25, 0.3) is 5.91 Å². The summed E-state index contributed by atoms with van der Waals surface area (Å²) in [6.07, 6.45) is 1.94. The monoisotopic (exact) mass is 633 g/mol. The molecular formula is C30H34F2N3O6PS. The van der Waals surface area contributed by atoms with Crippen LogP contribution in [0.5, 0.6) is 0 Å². The molecule has 1 saturated heterocycles. The van der Waals surface area contributed by atoms with Gasteiger partial charge in [-0.3, -0.25) is 18.9 Å². The van der Waals surface area contributed by atoms with E-state index in [0.29, 0.717) is 37.2 Å². The van der Waals surface area contributed by atoms with E-state index in [4.69, 9.17) is 9.79 Å². The van der Waals surface area contributed by atoms with E-state index in [-0.39, 0.29) is 22.1 Å². The van der Waals surface area contributed by atoms with Gasteiger partial charge in [0.1, 0.15) is 12.1 Å². The SMILES string of the molecule is CC(C)(C)C(NC(=O)c1cc2cc(C(F)(F)P(=O)(O)O)ccc2s1)C(=O)N1CCCC1C(=O)N1CCc2ccccc2C1. The Morgan fingerprint density at radius 1 is 1.05 bits per heavy atom. The quantitative estimate of drug-likeness (QED) is 0.333. The average Bonchev–Trinajstić information content (AvgIpc) is 3.61. The van der Waals surface area contributed by atoms with Crippen LogP contribution >= 0.6 is 18.9 Å². The lowest BCUT2D eigenvalue weighted by Crippen LogP contribution is -2.58. The first-order valence-corrected chi connectivity index (χ1v) is 16.5. The number of thiophene rings is 1. The van der Waals surface area contributed by atoms with Gasteiger partial charge in [0.2, 0.25) is 11.8 Å². The second-order valence-electron chi connectivity index (χ2n) is 12.2. The number of nitrogens with one attached hydrogen (secondary N) is 1. The highest BCUT2D eigenvalue weighted by Crippen LogP contribution is 2.59. The van der Waals surface area contributed by atoms with Crippen LogP contribution in [-0.2, 0) is 32.8 Å². The largest absolute Gasteiger partial charge is 0.399 e. The highest BCUT2D eigenvalue weighted by Gasteiger charge is 2.50. The molecule has 0 aliphatic carbocycles. The van der Waals surface area contributed by atoms with E-state index >= 15 is 0 Å². The summed E-state index contributed by atoms with van der Waals surface area (Å²) >= 11 is 1.01. The van der Waals surface area contributed by atoms with Crippen molar-refractivity contribution < 1.29 is 37.5 Å². The van der Waals surface area contributed by atoms with Crippen molar-refractivity contribution in [2.24, 2.45) is 5.41 Å². The number of alkyl halides is 2. The molecule has 2 aliphatic rings. The lowest BCUT2D eigenvalue weighted by atomic mass is 9.85. The molecular weight excluding hydrogens is 599 g/mol. The van der Waals surface area contributed by atoms with Crippen LogP contribution in [0.15, 0.2) is 48.5 Å². The number of hydrogen-bond acceptors (Lipinski definition) is 5. The van der Waals surface area contributed by atoms with Crippen molar-refractivity contribution in [2.45, 2.75) is 64.3 Å². The van der Waals surface area contributed by atoms with E-state index in [9.17, 15) is 27.7 Å². The molecule has 2 aromatic carbocycles. The van der Waals surface area contributed by atoms with Crippen LogP contribution in [0.2, 0.25) is 0 Å². The summed E-state index contributed by atoms with van der Waals surface area (Å²) in [6, 6.07) is 10.9. The first-order chi connectivity index (χ1) is 20.1. The number of likely N-dealkylation sites (tertiary alicyclic amines) is 1. The Labute approximate surface area is 252 Å². The Bertz CT molecular complexity index is 1630. The van der Waals surface area contributed by atoms with Gasteiger partial charge in [0.15, 0.2) is 0 Å². The normalized spacial score (nSPS) is 18.4. The first kappa shape index (κ1) is 31.3. The molecule has 0 radical (unpaired) electrons. The fraction of sp³-hybridized carbons (Fsp3) is 0.433. The number of carbonyl (C=O) groups is 3. The highest BCUT2D eigenvalue weighted by molar-refractivity contribution is 7.52. The van der Waals surface area contributed by atoms with E-state index in [0.717, 1.165) is 35.5 Å². The van der Waals surface area contributed by atoms with Gasteiger partial charge in [0, 0.05) is 29.9 Å². The Morgan fingerprint density at radius 3 is 2.42 bits per heavy atom. The number of halogens is 2. The van der Waals surface area contributed by atoms with Gasteiger partial charge in [-0.15, -0.1) is 11.3 Å². The van der Waals surface area contributed by atoms with Gasteiger partial charge in [-0.1, -0.05) is 51.1 Å². The number of amides is 3. The van der Waals surface area contributed by atoms with Gasteiger partial charge in [0.05, 0.1) is 4.88 Å². The van der Waals surface area contributed by atoms with Crippen molar-refractivity contribution in [3.63, 3.8) is 0 Å². The third-order valence-corrected chi connectivity index (χ3v) is 10.2. The molecule has 9 nitrogen and oxygen atoms in total. The van der Waals surface area contributed by atoms with Gasteiger partial charge in [-0.2, -0.15) is 8.78 Å². The van der Waals surface area contributed by atoms with Crippen molar-refractivity contribution in [3.8, 4) is 0 Å². The minimum Gasteiger partial charge on any atom is -0.339 e. The van der Waals surface area contributed by atoms with Crippen LogP contribution in [0, 0.1) is 5.41 Å². The zero-order valence-corrected chi connectivity index (χ0v) is 25.8. The maximum Gasteiger partial charge on any atom is 0.399 e. The molecule has 3 heterocycles. The smallest absolute Gasteiger partial charge is 0.339 e. The molecule has 3 aromatic rings. The van der Waals surface area contributed by atoms with Crippen LogP contribution in [0.1, 0.15) is 60.0 Å². The topological polar surface area (TPSA) is 127 Å². The maximum absolute atomic E-state index is 14.3. The fourth-order valence-electron chi connectivity index (χ4n) is 5.71. The molecule has 3 amide bonds. The van der Waals surface area contributed by atoms with E-state index in [1.165, 1.54) is 17.7 Å². The summed E-state index contributed by atoms with van der Waals surface area (Å²) in [5.74, 6) is -1.06. The molecule has 0 spiro atoms. The zero-order chi connectivity index (χ0) is 31.3. The number of rotatable bonds is 6. The summed E-state index contributed by atoms with van der Waals surface area (Å²) in [5, 5.41) is 3.03. The second kappa shape index (κ2) is 11.4. The average molecular weight is 634 g/mol. The van der Waals surface area contributed by atoms with Crippen molar-refractivity contribution in [3.05, 3.63) is 70.1 Å². The van der Waals surface area contributed by atoms with E-state index < -0.39 is 42.2 Å². The molecule has 1 aromatic heterocycles. The molecule has 230 valence electrons. The molecule has 13 heteroatoms. The molecule has 2 atom stereocenters. The number of hydrogen-bond donors (Lipinski definition) is 3. The summed E-state index contributed by atoms with van der Waals surface area (Å²) in [6.45, 7) is 6.88. The first-order valence-electron chi connectivity index (χ1n) is 14.0. The number of carbonyl (C=O) groups excluding carboxylic acids is 3. The van der Waals surface area contributed by atoms with Gasteiger partial charge in [-0.05, 0) is 59.4 Å². The molecule has 2 aliphatic heterocycles. The number of nitrogens with zero attached hydrogens (tertiary/aromatic N) is 2. The Kier molecular flexibility index (Phi) is 8.28. The summed E-state index contributed by atoms with van der Waals surface area (Å²) in [5.41, 5.74) is -3.64. The number of fused-ring (bicyclic) bond motifs is 2. The van der Waals surface area contributed by atoms with Crippen molar-refractivity contribution in [1.82, 2.24) is 15.1 Å². The Hall–Kier alpha value is -3.18. The fourth-order valence-corrected chi connectivity index (χ4v) is 7.13. The second-order valence-corrected chi connectivity index (χ2v) is 14.9. The standard InChI is InChI=1S/C30H34F2N3O6PS/c1-29(2,3)25(33-26(36)24-16-20-15-21(10-11-23(20)43-24)30(31,32)42(39,40)41)28(38)35-13-6-9-22(35)27(37)34-14-12-18-7-4-5-8-19(18)17-34/h4-5,7-8,10-11,15-16,22,25H,6,9,12-14,17H2,1-3H3,(H,33,36)(H2,39,40,41). The van der Waals surface area contributed by atoms with Crippen molar-refractivity contribution in [1.29, 1.82) is 0 Å². The van der Waals surface area contributed by atoms with Crippen LogP contribution in [-0.4, -0.2) is 62.5 Å². The molecule has 43 heavy (non-hydrogen) atoms. The lowest BCUT2D eigenvalue weighted by molar-refractivity contribution is -0.146. The van der Waals surface area contributed by atoms with Gasteiger partial charge < -0.3 is 24.9 Å². The van der Waals surface area contributed by atoms with Gasteiger partial charge in [-0.25, -0.2) is 0 Å². The number of benzene rings is 2. The van der Waals surface area contributed by atoms with E-state index in [1.807, 2.05) is 39.0 Å². The van der Waals surface area contributed by atoms with Crippen LogP contribution in [0.25, 0.3) is 10.1 Å². The minimum atomic E-state index is -5.75. The molecule has 0 bridgehead atoms. The molecule has 0 saturated carbocycles. The highest BCUT2D eigenvalue weighted by atomic mass is 32.1. The van der Waals surface area contributed by atoms with Gasteiger partial charge >= 0.3 is 13.3 Å². The zero-order valence-electron chi connectivity index (χ0n) is 24.0. The Balaban J connectivity index is 1.34. The predicted molar refractivity (Wildman–Crippen MR) is 159 cm³/mol. The predicted octanol–water partition coefficient (Wildman–Crippen LogP) is 4.85. The summed E-state index contributed by atoms with van der Waals surface area (Å²) < 4.78 is 40.3. The third kappa shape index (κ3) is 6.11. The van der Waals surface area contributed by atoms with Crippen LogP contribution in [0.3, 0.4) is 0 Å². The Morgan fingerprint density at radius 2 is 1.74 bits per heavy atom. The third-order valence-electron chi connectivity index (χ3n) is 8.10. The van der Waals surface area contributed by atoms with E-state index in [1.54, 1.807) is 9.80 Å². The lowest BCUT2D eigenvalue weighted by Gasteiger charge is -2.37. The van der Waals surface area contributed by atoms with Crippen LogP contribution < -0.4 is 5.32 Å². The molecule has 2 unspecified atom stereocenters. The summed E-state index contributed by atoms with van der Waals surface area (Å²) in [7, 11) is -5.75. The molecule has 5 rings (SSSR count). The van der Waals surface area contributed by atoms with Crippen LogP contribution in [0.4, 0.5) is 8.78 Å². The minimum absolute atomic E-state index is 0.105. The van der Waals surface area contributed by atoms with Crippen molar-refractivity contribution in [2.75, 3.05) is 13.1 Å². The maximum atomic E-state index is 14.3. The molecule has 1 fully saturated rings. The van der Waals surface area contributed by atoms with E-state index in [2.05, 4.69) is 11.4 Å². The molecule has 3 N–H and O–H groups in total.